The lowest BCUT2D eigenvalue weighted by molar-refractivity contribution is -0.181. The lowest BCUT2D eigenvalue weighted by Gasteiger charge is -2.44. The fourth-order valence-electron chi connectivity index (χ4n) is 6.41. The molecule has 0 spiro atoms. The van der Waals surface area contributed by atoms with Crippen LogP contribution in [0.25, 0.3) is 0 Å². The number of fused-ring (bicyclic) bond motifs is 1. The Kier molecular flexibility index (Phi) is 12.0. The molecule has 0 amide bonds. The van der Waals surface area contributed by atoms with Gasteiger partial charge in [-0.05, 0) is 44.7 Å². The summed E-state index contributed by atoms with van der Waals surface area (Å²) in [5.41, 5.74) is -3.36. The van der Waals surface area contributed by atoms with Crippen molar-refractivity contribution in [3.8, 4) is 0 Å². The second kappa shape index (κ2) is 14.9. The van der Waals surface area contributed by atoms with Gasteiger partial charge in [0.05, 0.1) is 23.5 Å². The van der Waals surface area contributed by atoms with E-state index in [0.717, 1.165) is 13.8 Å². The minimum Gasteiger partial charge on any atom is -0.458 e. The van der Waals surface area contributed by atoms with Gasteiger partial charge in [-0.15, -0.1) is 0 Å². The van der Waals surface area contributed by atoms with Gasteiger partial charge < -0.3 is 29.2 Å². The molecule has 2 aliphatic rings. The van der Waals surface area contributed by atoms with Crippen molar-refractivity contribution in [3.63, 3.8) is 0 Å². The number of aliphatic hydroxyl groups is 2. The average Bonchev–Trinajstić information content (AvgIpc) is 3.27. The van der Waals surface area contributed by atoms with Crippen LogP contribution in [0.3, 0.4) is 0 Å². The maximum absolute atomic E-state index is 14.2. The molecule has 0 aliphatic heterocycles. The van der Waals surface area contributed by atoms with Gasteiger partial charge in [0.25, 0.3) is 0 Å². The minimum absolute atomic E-state index is 0.0816. The molecule has 1 saturated carbocycles. The molecule has 2 N–H and O–H groups in total. The summed E-state index contributed by atoms with van der Waals surface area (Å²) in [6, 6.07) is 8.16. The summed E-state index contributed by atoms with van der Waals surface area (Å²) in [7, 11) is 0. The van der Waals surface area contributed by atoms with E-state index in [2.05, 4.69) is 6.58 Å². The van der Waals surface area contributed by atoms with Gasteiger partial charge in [-0.3, -0.25) is 19.2 Å². The highest BCUT2D eigenvalue weighted by Gasteiger charge is 2.62. The van der Waals surface area contributed by atoms with Crippen molar-refractivity contribution in [2.24, 2.45) is 29.1 Å². The Hall–Kier alpha value is -3.83. The Bertz CT molecular complexity index is 1380. The number of Topliss-reactive ketones (excluding diaryl/α,β-unsaturated/α-hetero) is 1. The summed E-state index contributed by atoms with van der Waals surface area (Å²) in [6.45, 7) is 16.2. The van der Waals surface area contributed by atoms with Crippen molar-refractivity contribution in [2.75, 3.05) is 0 Å². The van der Waals surface area contributed by atoms with E-state index >= 15 is 0 Å². The van der Waals surface area contributed by atoms with Crippen LogP contribution in [0.2, 0.25) is 0 Å². The van der Waals surface area contributed by atoms with Crippen molar-refractivity contribution in [1.29, 1.82) is 0 Å². The predicted molar refractivity (Wildman–Crippen MR) is 171 cm³/mol. The van der Waals surface area contributed by atoms with Crippen molar-refractivity contribution in [2.45, 2.75) is 104 Å². The molecule has 47 heavy (non-hydrogen) atoms. The van der Waals surface area contributed by atoms with Crippen LogP contribution in [-0.4, -0.2) is 76.0 Å². The normalized spacial score (nSPS) is 33.7. The molecule has 0 radical (unpaired) electrons. The van der Waals surface area contributed by atoms with E-state index in [0.29, 0.717) is 6.42 Å². The summed E-state index contributed by atoms with van der Waals surface area (Å²) >= 11 is 0. The zero-order chi connectivity index (χ0) is 35.4. The Labute approximate surface area is 276 Å². The van der Waals surface area contributed by atoms with Gasteiger partial charge in [-0.1, -0.05) is 64.6 Å². The number of benzene rings is 1. The van der Waals surface area contributed by atoms with Crippen molar-refractivity contribution >= 4 is 29.7 Å². The van der Waals surface area contributed by atoms with E-state index in [1.54, 1.807) is 78.0 Å². The van der Waals surface area contributed by atoms with Gasteiger partial charge in [0.2, 0.25) is 6.10 Å². The van der Waals surface area contributed by atoms with Crippen LogP contribution >= 0.6 is 0 Å². The van der Waals surface area contributed by atoms with Crippen LogP contribution in [0.4, 0.5) is 0 Å². The van der Waals surface area contributed by atoms with Crippen molar-refractivity contribution < 1.29 is 53.1 Å². The third-order valence-corrected chi connectivity index (χ3v) is 9.29. The van der Waals surface area contributed by atoms with Crippen molar-refractivity contribution in [3.05, 3.63) is 60.2 Å². The number of carbonyl (C=O) groups excluding carboxylic acids is 5. The zero-order valence-electron chi connectivity index (χ0n) is 28.4. The standard InChI is InChI=1S/C36H48O11/c1-10-19(2)33(41)47-30-29(45-24(7)38)22(5)28(44-23(6)37)26-27(46-34(42)25-14-12-11-13-15-25)21(4)18-36(26,43)31(39)20(3)16-17-35(8,9)32(30)40/h11-17,19-21,26-31,39,43H,5,10,18H2,1-4,6-9H3/b17-16+/t19?,20-,21+,26-,27+,28-,29?,30-,31-,36-/m1/s1. The third kappa shape index (κ3) is 8.19. The minimum atomic E-state index is -2.05. The van der Waals surface area contributed by atoms with Gasteiger partial charge in [-0.25, -0.2) is 4.79 Å². The van der Waals surface area contributed by atoms with Gasteiger partial charge >= 0.3 is 23.9 Å². The number of esters is 4. The predicted octanol–water partition coefficient (Wildman–Crippen LogP) is 4.14. The Morgan fingerprint density at radius 1 is 0.957 bits per heavy atom. The van der Waals surface area contributed by atoms with Gasteiger partial charge in [0.15, 0.2) is 11.9 Å². The second-order valence-corrected chi connectivity index (χ2v) is 13.5. The second-order valence-electron chi connectivity index (χ2n) is 13.5. The summed E-state index contributed by atoms with van der Waals surface area (Å²) in [5, 5.41) is 24.2. The Morgan fingerprint density at radius 3 is 2.09 bits per heavy atom. The molecule has 0 heterocycles. The summed E-state index contributed by atoms with van der Waals surface area (Å²) < 4.78 is 23.2. The molecule has 0 aromatic heterocycles. The molecular weight excluding hydrogens is 608 g/mol. The number of hydrogen-bond acceptors (Lipinski definition) is 11. The van der Waals surface area contributed by atoms with E-state index in [9.17, 15) is 34.2 Å². The first-order valence-corrected chi connectivity index (χ1v) is 16.0. The molecule has 0 saturated heterocycles. The van der Waals surface area contributed by atoms with Gasteiger partial charge in [0, 0.05) is 30.8 Å². The molecule has 1 fully saturated rings. The first-order valence-electron chi connectivity index (χ1n) is 16.0. The molecule has 0 bridgehead atoms. The van der Waals surface area contributed by atoms with E-state index in [1.807, 2.05) is 0 Å². The van der Waals surface area contributed by atoms with Crippen molar-refractivity contribution in [1.82, 2.24) is 0 Å². The van der Waals surface area contributed by atoms with E-state index in [-0.39, 0.29) is 17.6 Å². The largest absolute Gasteiger partial charge is 0.458 e. The van der Waals surface area contributed by atoms with E-state index in [4.69, 9.17) is 18.9 Å². The Balaban J connectivity index is 2.32. The Morgan fingerprint density at radius 2 is 1.53 bits per heavy atom. The number of carbonyl (C=O) groups is 5. The number of allylic oxidation sites excluding steroid dienone is 1. The molecule has 1 aromatic rings. The SMILES string of the molecule is C=C1C(OC(C)=O)[C@@H](OC(=O)C(C)CC)C(=O)C(C)(C)/C=C/[C@@H](C)[C@@H](O)[C@@]2(O)C[C@H](C)[C@H](OC(=O)c3ccccc3)[C@@H]2[C@@H]1OC(C)=O. The van der Waals surface area contributed by atoms with Crippen LogP contribution in [0, 0.1) is 29.1 Å². The molecule has 1 aromatic carbocycles. The highest BCUT2D eigenvalue weighted by molar-refractivity contribution is 5.93. The van der Waals surface area contributed by atoms with Gasteiger partial charge in [-0.2, -0.15) is 0 Å². The first kappa shape index (κ1) is 37.6. The lowest BCUT2D eigenvalue weighted by Crippen LogP contribution is -2.58. The molecule has 10 atom stereocenters. The van der Waals surface area contributed by atoms with Crippen LogP contribution in [-0.2, 0) is 38.1 Å². The topological polar surface area (TPSA) is 163 Å². The quantitative estimate of drug-likeness (QED) is 0.246. The number of aliphatic hydroxyl groups excluding tert-OH is 1. The van der Waals surface area contributed by atoms with Gasteiger partial charge in [0.1, 0.15) is 17.8 Å². The number of hydrogen-bond donors (Lipinski definition) is 2. The molecule has 2 unspecified atom stereocenters. The first-order chi connectivity index (χ1) is 21.8. The molecule has 11 heteroatoms. The monoisotopic (exact) mass is 656 g/mol. The highest BCUT2D eigenvalue weighted by Crippen LogP contribution is 2.50. The fraction of sp³-hybridized carbons (Fsp3) is 0.583. The van der Waals surface area contributed by atoms with Crippen LogP contribution in [0.5, 0.6) is 0 Å². The zero-order valence-corrected chi connectivity index (χ0v) is 28.4. The van der Waals surface area contributed by atoms with E-state index in [1.165, 1.54) is 6.08 Å². The molecule has 11 nitrogen and oxygen atoms in total. The summed E-state index contributed by atoms with van der Waals surface area (Å²) in [6.07, 6.45) is -4.26. The maximum Gasteiger partial charge on any atom is 0.338 e. The highest BCUT2D eigenvalue weighted by atomic mass is 16.6. The van der Waals surface area contributed by atoms with E-state index < -0.39 is 94.9 Å². The number of ketones is 1. The lowest BCUT2D eigenvalue weighted by atomic mass is 9.72. The average molecular weight is 657 g/mol. The third-order valence-electron chi connectivity index (χ3n) is 9.29. The van der Waals surface area contributed by atoms with Crippen LogP contribution in [0.1, 0.15) is 78.6 Å². The molecule has 2 aliphatic carbocycles. The molecule has 258 valence electrons. The molecular formula is C36H48O11. The van der Waals surface area contributed by atoms with Crippen LogP contribution in [0.15, 0.2) is 54.6 Å². The summed E-state index contributed by atoms with van der Waals surface area (Å²) in [4.78, 5) is 66.0. The van der Waals surface area contributed by atoms with Crippen LogP contribution < -0.4 is 0 Å². The molecule has 3 rings (SSSR count). The number of ether oxygens (including phenoxy) is 4. The smallest absolute Gasteiger partial charge is 0.338 e. The fourth-order valence-corrected chi connectivity index (χ4v) is 6.41. The summed E-state index contributed by atoms with van der Waals surface area (Å²) in [5.74, 6) is -7.10. The maximum atomic E-state index is 14.2. The number of rotatable bonds is 7.